The zero-order chi connectivity index (χ0) is 15.2. The summed E-state index contributed by atoms with van der Waals surface area (Å²) in [6, 6.07) is 4.71. The number of halogens is 3. The van der Waals surface area contributed by atoms with E-state index in [2.05, 4.69) is 15.0 Å². The van der Waals surface area contributed by atoms with E-state index in [0.717, 1.165) is 12.1 Å². The fourth-order valence-electron chi connectivity index (χ4n) is 2.17. The molecule has 0 bridgehead atoms. The zero-order valence-electron chi connectivity index (χ0n) is 10.8. The second kappa shape index (κ2) is 4.44. The number of aryl methyl sites for hydroxylation is 1. The van der Waals surface area contributed by atoms with E-state index in [-0.39, 0.29) is 16.9 Å². The van der Waals surface area contributed by atoms with Crippen LogP contribution in [0.4, 0.5) is 13.2 Å². The van der Waals surface area contributed by atoms with Crippen LogP contribution in [0.3, 0.4) is 0 Å². The van der Waals surface area contributed by atoms with Crippen molar-refractivity contribution in [3.8, 4) is 5.69 Å². The van der Waals surface area contributed by atoms with Crippen LogP contribution in [0.5, 0.6) is 0 Å². The molecule has 3 rings (SSSR count). The molecular weight excluding hydrogens is 285 g/mol. The number of nitrogens with one attached hydrogen (secondary N) is 1. The van der Waals surface area contributed by atoms with Gasteiger partial charge in [0.1, 0.15) is 5.82 Å². The Bertz CT molecular complexity index is 879. The van der Waals surface area contributed by atoms with Gasteiger partial charge in [0.25, 0.3) is 5.56 Å². The number of H-pyrrole nitrogens is 1. The monoisotopic (exact) mass is 294 g/mol. The number of rotatable bonds is 1. The van der Waals surface area contributed by atoms with Crippen molar-refractivity contribution in [3.63, 3.8) is 0 Å². The fraction of sp³-hybridized carbons (Fsp3) is 0.154. The van der Waals surface area contributed by atoms with Crippen LogP contribution in [0, 0.1) is 6.92 Å². The van der Waals surface area contributed by atoms with Gasteiger partial charge in [-0.25, -0.2) is 9.97 Å². The summed E-state index contributed by atoms with van der Waals surface area (Å²) in [5.74, 6) is 0.383. The summed E-state index contributed by atoms with van der Waals surface area (Å²) >= 11 is 0. The predicted octanol–water partition coefficient (Wildman–Crippen LogP) is 2.44. The summed E-state index contributed by atoms with van der Waals surface area (Å²) in [5.41, 5.74) is -0.731. The molecule has 0 radical (unpaired) electrons. The van der Waals surface area contributed by atoms with E-state index in [0.29, 0.717) is 5.82 Å². The summed E-state index contributed by atoms with van der Waals surface area (Å²) in [6.07, 6.45) is -3.25. The average molecular weight is 294 g/mol. The lowest BCUT2D eigenvalue weighted by Crippen LogP contribution is -2.12. The van der Waals surface area contributed by atoms with Gasteiger partial charge in [0, 0.05) is 5.69 Å². The molecule has 21 heavy (non-hydrogen) atoms. The number of imidazole rings is 1. The van der Waals surface area contributed by atoms with E-state index in [4.69, 9.17) is 0 Å². The molecule has 5 nitrogen and oxygen atoms in total. The molecule has 8 heteroatoms. The van der Waals surface area contributed by atoms with Crippen molar-refractivity contribution in [1.82, 2.24) is 19.5 Å². The molecule has 3 aromatic rings. The molecule has 1 N–H and O–H groups in total. The van der Waals surface area contributed by atoms with E-state index < -0.39 is 17.3 Å². The lowest BCUT2D eigenvalue weighted by Gasteiger charge is -2.10. The van der Waals surface area contributed by atoms with Crippen LogP contribution < -0.4 is 5.56 Å². The molecule has 0 amide bonds. The molecule has 0 fully saturated rings. The minimum Gasteiger partial charge on any atom is -0.311 e. The van der Waals surface area contributed by atoms with Crippen molar-refractivity contribution >= 4 is 11.2 Å². The van der Waals surface area contributed by atoms with E-state index in [1.54, 1.807) is 6.92 Å². The molecule has 2 aromatic heterocycles. The molecule has 2 heterocycles. The van der Waals surface area contributed by atoms with Gasteiger partial charge in [-0.1, -0.05) is 6.07 Å². The summed E-state index contributed by atoms with van der Waals surface area (Å²) in [7, 11) is 0. The maximum absolute atomic E-state index is 12.8. The third kappa shape index (κ3) is 2.18. The lowest BCUT2D eigenvalue weighted by atomic mass is 10.2. The van der Waals surface area contributed by atoms with Crippen LogP contribution in [0.1, 0.15) is 11.4 Å². The Morgan fingerprint density at radius 2 is 2.05 bits per heavy atom. The first-order chi connectivity index (χ1) is 9.88. The van der Waals surface area contributed by atoms with Crippen LogP contribution >= 0.6 is 0 Å². The molecule has 108 valence electrons. The van der Waals surface area contributed by atoms with Gasteiger partial charge in [-0.2, -0.15) is 13.2 Å². The molecule has 0 saturated heterocycles. The van der Waals surface area contributed by atoms with E-state index in [9.17, 15) is 18.0 Å². The number of aromatic nitrogens is 4. The number of benzene rings is 1. The molecule has 0 aliphatic heterocycles. The SMILES string of the molecule is Cc1nc2nc[nH]c(=O)c2n1-c1cccc(C(F)(F)F)c1. The summed E-state index contributed by atoms with van der Waals surface area (Å²) in [5, 5.41) is 0. The average Bonchev–Trinajstić information content (AvgIpc) is 2.75. The zero-order valence-corrected chi connectivity index (χ0v) is 10.8. The first kappa shape index (κ1) is 13.3. The molecule has 0 unspecified atom stereocenters. The molecule has 0 saturated carbocycles. The van der Waals surface area contributed by atoms with Gasteiger partial charge in [0.15, 0.2) is 11.2 Å². The number of aromatic amines is 1. The highest BCUT2D eigenvalue weighted by molar-refractivity contribution is 5.73. The molecule has 0 aliphatic rings. The molecular formula is C13H9F3N4O. The topological polar surface area (TPSA) is 63.6 Å². The van der Waals surface area contributed by atoms with E-state index >= 15 is 0 Å². The Balaban J connectivity index is 2.31. The second-order valence-electron chi connectivity index (χ2n) is 4.45. The number of hydrogen-bond acceptors (Lipinski definition) is 3. The van der Waals surface area contributed by atoms with Crippen molar-refractivity contribution in [2.75, 3.05) is 0 Å². The second-order valence-corrected chi connectivity index (χ2v) is 4.45. The lowest BCUT2D eigenvalue weighted by molar-refractivity contribution is -0.137. The molecule has 0 aliphatic carbocycles. The van der Waals surface area contributed by atoms with Crippen LogP contribution in [-0.2, 0) is 6.18 Å². The summed E-state index contributed by atoms with van der Waals surface area (Å²) in [4.78, 5) is 22.3. The highest BCUT2D eigenvalue weighted by Crippen LogP contribution is 2.31. The van der Waals surface area contributed by atoms with E-state index in [1.807, 2.05) is 0 Å². The predicted molar refractivity (Wildman–Crippen MR) is 69.2 cm³/mol. The van der Waals surface area contributed by atoms with Crippen molar-refractivity contribution in [2.24, 2.45) is 0 Å². The van der Waals surface area contributed by atoms with Crippen LogP contribution in [-0.4, -0.2) is 19.5 Å². The Hall–Kier alpha value is -2.64. The summed E-state index contributed by atoms with van der Waals surface area (Å²) in [6.45, 7) is 1.60. The summed E-state index contributed by atoms with van der Waals surface area (Å²) < 4.78 is 39.8. The van der Waals surface area contributed by atoms with Gasteiger partial charge in [0.2, 0.25) is 0 Å². The minimum absolute atomic E-state index is 0.120. The van der Waals surface area contributed by atoms with Crippen LogP contribution in [0.2, 0.25) is 0 Å². The molecule has 0 atom stereocenters. The van der Waals surface area contributed by atoms with Crippen molar-refractivity contribution in [2.45, 2.75) is 13.1 Å². The minimum atomic E-state index is -4.45. The number of fused-ring (bicyclic) bond motifs is 1. The number of nitrogens with zero attached hydrogens (tertiary/aromatic N) is 3. The Labute approximate surface area is 116 Å². The Morgan fingerprint density at radius 1 is 1.29 bits per heavy atom. The van der Waals surface area contributed by atoms with Crippen molar-refractivity contribution in [3.05, 3.63) is 52.3 Å². The third-order valence-corrected chi connectivity index (χ3v) is 3.06. The van der Waals surface area contributed by atoms with Crippen molar-refractivity contribution in [1.29, 1.82) is 0 Å². The maximum Gasteiger partial charge on any atom is 0.416 e. The quantitative estimate of drug-likeness (QED) is 0.749. The Kier molecular flexibility index (Phi) is 2.82. The highest BCUT2D eigenvalue weighted by atomic mass is 19.4. The van der Waals surface area contributed by atoms with Crippen LogP contribution in [0.25, 0.3) is 16.9 Å². The third-order valence-electron chi connectivity index (χ3n) is 3.06. The first-order valence-corrected chi connectivity index (χ1v) is 5.98. The van der Waals surface area contributed by atoms with Gasteiger partial charge in [-0.15, -0.1) is 0 Å². The standard InChI is InChI=1S/C13H9F3N4O/c1-7-19-11-10(12(21)18-6-17-11)20(7)9-4-2-3-8(5-9)13(14,15)16/h2-6H,1H3,(H,17,18,21). The van der Waals surface area contributed by atoms with Gasteiger partial charge in [-0.3, -0.25) is 9.36 Å². The van der Waals surface area contributed by atoms with E-state index in [1.165, 1.54) is 23.0 Å². The highest BCUT2D eigenvalue weighted by Gasteiger charge is 2.30. The van der Waals surface area contributed by atoms with Gasteiger partial charge >= 0.3 is 6.18 Å². The van der Waals surface area contributed by atoms with Crippen molar-refractivity contribution < 1.29 is 13.2 Å². The number of alkyl halides is 3. The first-order valence-electron chi connectivity index (χ1n) is 5.98. The largest absolute Gasteiger partial charge is 0.416 e. The van der Waals surface area contributed by atoms with Gasteiger partial charge in [-0.05, 0) is 25.1 Å². The smallest absolute Gasteiger partial charge is 0.311 e. The van der Waals surface area contributed by atoms with Gasteiger partial charge in [0.05, 0.1) is 11.9 Å². The normalized spacial score (nSPS) is 12.0. The molecule has 1 aromatic carbocycles. The van der Waals surface area contributed by atoms with Crippen LogP contribution in [0.15, 0.2) is 35.4 Å². The molecule has 0 spiro atoms. The Morgan fingerprint density at radius 3 is 2.76 bits per heavy atom. The maximum atomic E-state index is 12.8. The van der Waals surface area contributed by atoms with Gasteiger partial charge < -0.3 is 4.98 Å². The number of hydrogen-bond donors (Lipinski definition) is 1. The fourth-order valence-corrected chi connectivity index (χ4v) is 2.17.